The summed E-state index contributed by atoms with van der Waals surface area (Å²) in [6.45, 7) is 0.601. The predicted molar refractivity (Wildman–Crippen MR) is 95.9 cm³/mol. The molecule has 3 aliphatic carbocycles. The van der Waals surface area contributed by atoms with Crippen molar-refractivity contribution in [3.63, 3.8) is 0 Å². The first-order valence-corrected chi connectivity index (χ1v) is 9.79. The molecule has 1 aromatic carbocycles. The minimum atomic E-state index is -0.285. The van der Waals surface area contributed by atoms with Crippen molar-refractivity contribution >= 4 is 6.09 Å². The highest BCUT2D eigenvalue weighted by Crippen LogP contribution is 2.62. The Balaban J connectivity index is 1.42. The van der Waals surface area contributed by atoms with Crippen LogP contribution in [0.5, 0.6) is 0 Å². The minimum absolute atomic E-state index is 0.195. The molecule has 0 radical (unpaired) electrons. The third-order valence-electron chi connectivity index (χ3n) is 7.04. The molecule has 3 aliphatic rings. The van der Waals surface area contributed by atoms with Crippen molar-refractivity contribution in [1.29, 1.82) is 0 Å². The van der Waals surface area contributed by atoms with Crippen LogP contribution in [-0.4, -0.2) is 23.8 Å². The van der Waals surface area contributed by atoms with Crippen LogP contribution in [0.15, 0.2) is 30.3 Å². The van der Waals surface area contributed by atoms with Gasteiger partial charge in [-0.05, 0) is 67.3 Å². The SMILES string of the molecule is O=C(N[C@@H]1[C@@H]2CC[C@@H](C2)[C@]12CCC[C@@H](CO)C2)OCc1ccccc1. The number of carbonyl (C=O) groups excluding carboxylic acids is 1. The van der Waals surface area contributed by atoms with Gasteiger partial charge in [0.2, 0.25) is 0 Å². The Hall–Kier alpha value is -1.55. The quantitative estimate of drug-likeness (QED) is 0.872. The predicted octanol–water partition coefficient (Wildman–Crippen LogP) is 3.88. The second-order valence-electron chi connectivity index (χ2n) is 8.33. The maximum absolute atomic E-state index is 12.4. The lowest BCUT2D eigenvalue weighted by Gasteiger charge is -2.48. The summed E-state index contributed by atoms with van der Waals surface area (Å²) < 4.78 is 5.49. The van der Waals surface area contributed by atoms with E-state index in [1.54, 1.807) is 0 Å². The molecule has 2 N–H and O–H groups in total. The smallest absolute Gasteiger partial charge is 0.407 e. The highest BCUT2D eigenvalue weighted by Gasteiger charge is 2.59. The molecule has 4 nitrogen and oxygen atoms in total. The summed E-state index contributed by atoms with van der Waals surface area (Å²) in [6.07, 6.45) is 8.02. The van der Waals surface area contributed by atoms with Gasteiger partial charge < -0.3 is 15.2 Å². The lowest BCUT2D eigenvalue weighted by Crippen LogP contribution is -2.53. The Morgan fingerprint density at radius 1 is 1.24 bits per heavy atom. The molecule has 1 spiro atoms. The summed E-state index contributed by atoms with van der Waals surface area (Å²) in [7, 11) is 0. The monoisotopic (exact) mass is 343 g/mol. The normalized spacial score (nSPS) is 36.5. The molecule has 3 saturated carbocycles. The maximum atomic E-state index is 12.4. The standard InChI is InChI=1S/C21H29NO3/c23-13-16-7-4-10-21(12-16)18-9-8-17(11-18)19(21)22-20(24)25-14-15-5-2-1-3-6-15/h1-3,5-6,16-19,23H,4,7-14H2,(H,22,24)/t16-,17-,18+,19-,21-/m1/s1. The maximum Gasteiger partial charge on any atom is 0.407 e. The van der Waals surface area contributed by atoms with Crippen LogP contribution in [0.3, 0.4) is 0 Å². The summed E-state index contributed by atoms with van der Waals surface area (Å²) in [5, 5.41) is 12.9. The van der Waals surface area contributed by atoms with Gasteiger partial charge in [0.15, 0.2) is 0 Å². The van der Waals surface area contributed by atoms with Crippen LogP contribution in [0.4, 0.5) is 4.79 Å². The number of hydrogen-bond acceptors (Lipinski definition) is 3. The molecule has 4 rings (SSSR count). The molecule has 2 bridgehead atoms. The molecule has 136 valence electrons. The van der Waals surface area contributed by atoms with E-state index in [1.165, 1.54) is 32.1 Å². The van der Waals surface area contributed by atoms with Crippen LogP contribution >= 0.6 is 0 Å². The minimum Gasteiger partial charge on any atom is -0.445 e. The van der Waals surface area contributed by atoms with Gasteiger partial charge in [-0.2, -0.15) is 0 Å². The van der Waals surface area contributed by atoms with Crippen LogP contribution in [-0.2, 0) is 11.3 Å². The van der Waals surface area contributed by atoms with Crippen molar-refractivity contribution in [3.05, 3.63) is 35.9 Å². The Bertz CT molecular complexity index is 604. The second-order valence-corrected chi connectivity index (χ2v) is 8.33. The van der Waals surface area contributed by atoms with Crippen molar-refractivity contribution in [2.24, 2.45) is 23.2 Å². The zero-order chi connectivity index (χ0) is 17.3. The number of amides is 1. The number of ether oxygens (including phenoxy) is 1. The zero-order valence-corrected chi connectivity index (χ0v) is 14.8. The van der Waals surface area contributed by atoms with Crippen LogP contribution in [0.1, 0.15) is 50.5 Å². The van der Waals surface area contributed by atoms with Crippen LogP contribution in [0, 0.1) is 23.2 Å². The first kappa shape index (κ1) is 16.9. The number of fused-ring (bicyclic) bond motifs is 3. The number of rotatable bonds is 4. The van der Waals surface area contributed by atoms with Crippen molar-refractivity contribution < 1.29 is 14.6 Å². The Kier molecular flexibility index (Phi) is 4.72. The number of benzene rings is 1. The molecule has 3 fully saturated rings. The highest BCUT2D eigenvalue weighted by molar-refractivity contribution is 5.68. The number of nitrogens with one attached hydrogen (secondary N) is 1. The lowest BCUT2D eigenvalue weighted by atomic mass is 9.59. The van der Waals surface area contributed by atoms with E-state index in [4.69, 9.17) is 4.74 Å². The fourth-order valence-electron chi connectivity index (χ4n) is 5.99. The summed E-state index contributed by atoms with van der Waals surface area (Å²) in [6, 6.07) is 10.0. The summed E-state index contributed by atoms with van der Waals surface area (Å²) in [5.74, 6) is 1.70. The van der Waals surface area contributed by atoms with E-state index >= 15 is 0 Å². The van der Waals surface area contributed by atoms with Crippen molar-refractivity contribution in [2.45, 2.75) is 57.6 Å². The van der Waals surface area contributed by atoms with Gasteiger partial charge in [0.1, 0.15) is 6.61 Å². The molecular weight excluding hydrogens is 314 g/mol. The molecule has 5 atom stereocenters. The third kappa shape index (κ3) is 3.17. The van der Waals surface area contributed by atoms with Crippen molar-refractivity contribution in [1.82, 2.24) is 5.32 Å². The van der Waals surface area contributed by atoms with Gasteiger partial charge in [0.05, 0.1) is 0 Å². The largest absolute Gasteiger partial charge is 0.445 e. The average molecular weight is 343 g/mol. The van der Waals surface area contributed by atoms with Gasteiger partial charge in [-0.25, -0.2) is 4.79 Å². The van der Waals surface area contributed by atoms with Crippen LogP contribution in [0.25, 0.3) is 0 Å². The summed E-state index contributed by atoms with van der Waals surface area (Å²) in [4.78, 5) is 12.4. The van der Waals surface area contributed by atoms with Crippen LogP contribution < -0.4 is 5.32 Å². The zero-order valence-electron chi connectivity index (χ0n) is 14.8. The van der Waals surface area contributed by atoms with E-state index in [0.29, 0.717) is 24.4 Å². The van der Waals surface area contributed by atoms with Gasteiger partial charge in [-0.1, -0.05) is 36.8 Å². The van der Waals surface area contributed by atoms with Gasteiger partial charge >= 0.3 is 6.09 Å². The van der Waals surface area contributed by atoms with Crippen molar-refractivity contribution in [2.75, 3.05) is 6.61 Å². The topological polar surface area (TPSA) is 58.6 Å². The number of hydrogen-bond donors (Lipinski definition) is 2. The van der Waals surface area contributed by atoms with Gasteiger partial charge in [-0.3, -0.25) is 0 Å². The molecule has 25 heavy (non-hydrogen) atoms. The Morgan fingerprint density at radius 2 is 2.08 bits per heavy atom. The molecule has 0 saturated heterocycles. The number of alkyl carbamates (subject to hydrolysis) is 1. The average Bonchev–Trinajstić information content (AvgIpc) is 3.23. The Morgan fingerprint density at radius 3 is 2.88 bits per heavy atom. The molecule has 1 amide bonds. The molecule has 0 aliphatic heterocycles. The highest BCUT2D eigenvalue weighted by atomic mass is 16.5. The fraction of sp³-hybridized carbons (Fsp3) is 0.667. The Labute approximate surface area is 150 Å². The third-order valence-corrected chi connectivity index (χ3v) is 7.04. The molecular formula is C21H29NO3. The number of aliphatic hydroxyl groups excluding tert-OH is 1. The lowest BCUT2D eigenvalue weighted by molar-refractivity contribution is 0.0149. The molecule has 1 aromatic rings. The van der Waals surface area contributed by atoms with E-state index in [0.717, 1.165) is 18.4 Å². The first-order chi connectivity index (χ1) is 12.2. The van der Waals surface area contributed by atoms with E-state index in [-0.39, 0.29) is 24.2 Å². The van der Waals surface area contributed by atoms with E-state index < -0.39 is 0 Å². The summed E-state index contributed by atoms with van der Waals surface area (Å²) >= 11 is 0. The fourth-order valence-corrected chi connectivity index (χ4v) is 5.99. The van der Waals surface area contributed by atoms with E-state index in [9.17, 15) is 9.90 Å². The van der Waals surface area contributed by atoms with E-state index in [1.807, 2.05) is 30.3 Å². The molecule has 4 heteroatoms. The first-order valence-electron chi connectivity index (χ1n) is 9.79. The number of aliphatic hydroxyl groups is 1. The number of carbonyl (C=O) groups is 1. The molecule has 0 unspecified atom stereocenters. The second kappa shape index (κ2) is 6.99. The molecule has 0 heterocycles. The van der Waals surface area contributed by atoms with Gasteiger partial charge in [-0.15, -0.1) is 0 Å². The van der Waals surface area contributed by atoms with Gasteiger partial charge in [0.25, 0.3) is 0 Å². The van der Waals surface area contributed by atoms with Gasteiger partial charge in [0, 0.05) is 12.6 Å². The van der Waals surface area contributed by atoms with E-state index in [2.05, 4.69) is 5.32 Å². The van der Waals surface area contributed by atoms with Crippen molar-refractivity contribution in [3.8, 4) is 0 Å². The molecule has 0 aromatic heterocycles. The summed E-state index contributed by atoms with van der Waals surface area (Å²) in [5.41, 5.74) is 1.21. The van der Waals surface area contributed by atoms with Crippen LogP contribution in [0.2, 0.25) is 0 Å².